The molecule has 0 aliphatic carbocycles. The third-order valence-electron chi connectivity index (χ3n) is 3.47. The fraction of sp³-hybridized carbons (Fsp3) is 0.467. The van der Waals surface area contributed by atoms with Crippen molar-refractivity contribution in [1.82, 2.24) is 10.6 Å². The summed E-state index contributed by atoms with van der Waals surface area (Å²) in [5.74, 6) is 0.503. The fourth-order valence-electron chi connectivity index (χ4n) is 2.44. The number of benzene rings is 1. The number of hydrogen-bond acceptors (Lipinski definition) is 2. The van der Waals surface area contributed by atoms with Gasteiger partial charge >= 0.3 is 0 Å². The molecule has 0 bridgehead atoms. The van der Waals surface area contributed by atoms with Crippen molar-refractivity contribution in [1.29, 1.82) is 0 Å². The predicted molar refractivity (Wildman–Crippen MR) is 82.5 cm³/mol. The van der Waals surface area contributed by atoms with Crippen LogP contribution in [0.1, 0.15) is 31.7 Å². The highest BCUT2D eigenvalue weighted by atomic mass is 35.5. The molecule has 0 saturated carbocycles. The summed E-state index contributed by atoms with van der Waals surface area (Å²) in [5.41, 5.74) is 2.06. The zero-order valence-corrected chi connectivity index (χ0v) is 12.7. The summed E-state index contributed by atoms with van der Waals surface area (Å²) in [6.07, 6.45) is 6.21. The molecule has 0 aromatic heterocycles. The van der Waals surface area contributed by atoms with E-state index in [0.717, 1.165) is 35.5 Å². The van der Waals surface area contributed by atoms with Gasteiger partial charge in [-0.1, -0.05) is 43.1 Å². The van der Waals surface area contributed by atoms with Crippen LogP contribution in [0.2, 0.25) is 5.02 Å². The first-order chi connectivity index (χ1) is 9.19. The molecule has 0 radical (unpaired) electrons. The normalized spacial score (nSPS) is 21.7. The molecular weight excluding hydrogens is 279 g/mol. The van der Waals surface area contributed by atoms with E-state index in [0.29, 0.717) is 5.88 Å². The van der Waals surface area contributed by atoms with Crippen LogP contribution in [0.4, 0.5) is 0 Å². The van der Waals surface area contributed by atoms with Gasteiger partial charge in [0.1, 0.15) is 5.66 Å². The van der Waals surface area contributed by atoms with Crippen LogP contribution in [0.3, 0.4) is 0 Å². The third-order valence-corrected chi connectivity index (χ3v) is 4.13. The Labute approximate surface area is 125 Å². The minimum absolute atomic E-state index is 0.148. The highest BCUT2D eigenvalue weighted by Crippen LogP contribution is 2.26. The van der Waals surface area contributed by atoms with Gasteiger partial charge in [-0.3, -0.25) is 0 Å². The molecule has 19 heavy (non-hydrogen) atoms. The zero-order chi connectivity index (χ0) is 13.7. The standard InChI is InChI=1S/C15H20Cl2N2/c1-2-3-8-15(18-11-13(10-16)19-15)9-12-6-4-5-7-14(12)17/h4-7,11,18-19H,2-3,8-10H2,1H3. The van der Waals surface area contributed by atoms with Crippen LogP contribution < -0.4 is 10.6 Å². The van der Waals surface area contributed by atoms with E-state index < -0.39 is 0 Å². The van der Waals surface area contributed by atoms with Crippen molar-refractivity contribution in [3.63, 3.8) is 0 Å². The quantitative estimate of drug-likeness (QED) is 0.775. The minimum Gasteiger partial charge on any atom is -0.367 e. The third kappa shape index (κ3) is 3.58. The molecule has 0 spiro atoms. The molecule has 0 fully saturated rings. The number of unbranched alkanes of at least 4 members (excludes halogenated alkanes) is 1. The Hall–Kier alpha value is -0.860. The molecule has 0 saturated heterocycles. The monoisotopic (exact) mass is 298 g/mol. The van der Waals surface area contributed by atoms with Crippen molar-refractivity contribution in [2.45, 2.75) is 38.3 Å². The van der Waals surface area contributed by atoms with Crippen LogP contribution >= 0.6 is 23.2 Å². The van der Waals surface area contributed by atoms with Gasteiger partial charge in [-0.2, -0.15) is 0 Å². The average molecular weight is 299 g/mol. The molecule has 4 heteroatoms. The van der Waals surface area contributed by atoms with Gasteiger partial charge in [-0.15, -0.1) is 11.6 Å². The lowest BCUT2D eigenvalue weighted by molar-refractivity contribution is 0.303. The van der Waals surface area contributed by atoms with E-state index in [1.54, 1.807) is 0 Å². The highest BCUT2D eigenvalue weighted by molar-refractivity contribution is 6.31. The second kappa shape index (κ2) is 6.53. The first kappa shape index (κ1) is 14.5. The van der Waals surface area contributed by atoms with E-state index in [-0.39, 0.29) is 5.66 Å². The van der Waals surface area contributed by atoms with Crippen molar-refractivity contribution in [2.75, 3.05) is 5.88 Å². The Balaban J connectivity index is 2.14. The lowest BCUT2D eigenvalue weighted by Gasteiger charge is -2.32. The lowest BCUT2D eigenvalue weighted by Crippen LogP contribution is -2.51. The Kier molecular flexibility index (Phi) is 5.00. The number of allylic oxidation sites excluding steroid dienone is 1. The number of hydrogen-bond donors (Lipinski definition) is 2. The van der Waals surface area contributed by atoms with Gasteiger partial charge in [0.15, 0.2) is 0 Å². The summed E-state index contributed by atoms with van der Waals surface area (Å²) >= 11 is 12.2. The van der Waals surface area contributed by atoms with Gasteiger partial charge in [0, 0.05) is 23.3 Å². The van der Waals surface area contributed by atoms with E-state index >= 15 is 0 Å². The molecule has 2 nitrogen and oxygen atoms in total. The second-order valence-corrected chi connectivity index (χ2v) is 5.70. The molecule has 104 valence electrons. The zero-order valence-electron chi connectivity index (χ0n) is 11.2. The van der Waals surface area contributed by atoms with Crippen LogP contribution in [0.5, 0.6) is 0 Å². The lowest BCUT2D eigenvalue weighted by atomic mass is 9.94. The second-order valence-electron chi connectivity index (χ2n) is 5.03. The van der Waals surface area contributed by atoms with E-state index in [9.17, 15) is 0 Å². The fourth-order valence-corrected chi connectivity index (χ4v) is 2.79. The van der Waals surface area contributed by atoms with Crippen LogP contribution in [0, 0.1) is 0 Å². The smallest absolute Gasteiger partial charge is 0.111 e. The summed E-state index contributed by atoms with van der Waals surface area (Å²) in [7, 11) is 0. The first-order valence-electron chi connectivity index (χ1n) is 6.73. The SMILES string of the molecule is CCCCC1(Cc2ccccc2Cl)NC=C(CCl)N1. The molecular formula is C15H20Cl2N2. The Bertz CT molecular complexity index is 459. The van der Waals surface area contributed by atoms with Crippen LogP contribution in [-0.2, 0) is 6.42 Å². The molecule has 1 aliphatic heterocycles. The van der Waals surface area contributed by atoms with E-state index in [1.807, 2.05) is 24.4 Å². The largest absolute Gasteiger partial charge is 0.367 e. The van der Waals surface area contributed by atoms with Crippen molar-refractivity contribution in [3.8, 4) is 0 Å². The number of rotatable bonds is 6. The van der Waals surface area contributed by atoms with Gasteiger partial charge in [0.05, 0.1) is 5.88 Å². The van der Waals surface area contributed by atoms with Crippen LogP contribution in [-0.4, -0.2) is 11.5 Å². The van der Waals surface area contributed by atoms with Crippen LogP contribution in [0.15, 0.2) is 36.2 Å². The first-order valence-corrected chi connectivity index (χ1v) is 7.64. The molecule has 0 amide bonds. The van der Waals surface area contributed by atoms with Gasteiger partial charge < -0.3 is 10.6 Å². The maximum absolute atomic E-state index is 6.27. The van der Waals surface area contributed by atoms with Gasteiger partial charge in [0.25, 0.3) is 0 Å². The summed E-state index contributed by atoms with van der Waals surface area (Å²) in [5, 5.41) is 7.81. The maximum atomic E-state index is 6.27. The van der Waals surface area contributed by atoms with Crippen LogP contribution in [0.25, 0.3) is 0 Å². The summed E-state index contributed by atoms with van der Waals surface area (Å²) < 4.78 is 0. The maximum Gasteiger partial charge on any atom is 0.111 e. The summed E-state index contributed by atoms with van der Waals surface area (Å²) in [6.45, 7) is 2.20. The molecule has 1 aromatic rings. The number of alkyl halides is 1. The summed E-state index contributed by atoms with van der Waals surface area (Å²) in [6, 6.07) is 8.01. The van der Waals surface area contributed by atoms with Crippen molar-refractivity contribution in [3.05, 3.63) is 46.7 Å². The van der Waals surface area contributed by atoms with E-state index in [2.05, 4.69) is 23.6 Å². The molecule has 2 N–H and O–H groups in total. The number of nitrogens with one attached hydrogen (secondary N) is 2. The molecule has 1 heterocycles. The van der Waals surface area contributed by atoms with Gasteiger partial charge in [0.2, 0.25) is 0 Å². The molecule has 1 atom stereocenters. The van der Waals surface area contributed by atoms with Gasteiger partial charge in [-0.25, -0.2) is 0 Å². The Morgan fingerprint density at radius 2 is 2.05 bits per heavy atom. The summed E-state index contributed by atoms with van der Waals surface area (Å²) in [4.78, 5) is 0. The Morgan fingerprint density at radius 1 is 1.26 bits per heavy atom. The van der Waals surface area contributed by atoms with E-state index in [1.165, 1.54) is 6.42 Å². The van der Waals surface area contributed by atoms with Crippen molar-refractivity contribution >= 4 is 23.2 Å². The molecule has 2 rings (SSSR count). The predicted octanol–water partition coefficient (Wildman–Crippen LogP) is 4.04. The number of halogens is 2. The average Bonchev–Trinajstić information content (AvgIpc) is 2.83. The highest BCUT2D eigenvalue weighted by Gasteiger charge is 2.33. The minimum atomic E-state index is -0.148. The molecule has 1 aromatic carbocycles. The molecule has 1 aliphatic rings. The van der Waals surface area contributed by atoms with Crippen molar-refractivity contribution in [2.24, 2.45) is 0 Å². The van der Waals surface area contributed by atoms with Crippen molar-refractivity contribution < 1.29 is 0 Å². The molecule has 1 unspecified atom stereocenters. The van der Waals surface area contributed by atoms with Gasteiger partial charge in [-0.05, 0) is 24.5 Å². The Morgan fingerprint density at radius 3 is 2.68 bits per heavy atom. The van der Waals surface area contributed by atoms with E-state index in [4.69, 9.17) is 23.2 Å². The topological polar surface area (TPSA) is 24.1 Å².